The molecule has 2 heterocycles. The fourth-order valence-corrected chi connectivity index (χ4v) is 3.55. The first kappa shape index (κ1) is 18.5. The van der Waals surface area contributed by atoms with Gasteiger partial charge < -0.3 is 5.73 Å². The molecule has 1 aliphatic heterocycles. The van der Waals surface area contributed by atoms with Gasteiger partial charge in [-0.15, -0.1) is 5.10 Å². The summed E-state index contributed by atoms with van der Waals surface area (Å²) in [6.07, 6.45) is 2.48. The number of likely N-dealkylation sites (tertiary alicyclic amines) is 1. The van der Waals surface area contributed by atoms with E-state index >= 15 is 0 Å². The second-order valence-electron chi connectivity index (χ2n) is 7.64. The molecule has 0 aliphatic carbocycles. The molecule has 26 heavy (non-hydrogen) atoms. The largest absolute Gasteiger partial charge is 0.369 e. The van der Waals surface area contributed by atoms with E-state index in [0.29, 0.717) is 0 Å². The Hall–Kier alpha value is -2.28. The quantitative estimate of drug-likeness (QED) is 0.856. The molecule has 0 unspecified atom stereocenters. The van der Waals surface area contributed by atoms with Crippen molar-refractivity contribution in [3.8, 4) is 0 Å². The summed E-state index contributed by atoms with van der Waals surface area (Å²) in [6, 6.07) is 10.3. The van der Waals surface area contributed by atoms with Crippen molar-refractivity contribution in [2.75, 3.05) is 13.1 Å². The number of tetrazole rings is 1. The lowest BCUT2D eigenvalue weighted by Crippen LogP contribution is -2.42. The zero-order valence-electron chi connectivity index (χ0n) is 15.8. The molecule has 0 bridgehead atoms. The van der Waals surface area contributed by atoms with E-state index in [4.69, 9.17) is 5.73 Å². The third kappa shape index (κ3) is 3.62. The molecular formula is C19H28N6O. The number of nitrogens with two attached hydrogens (primary N) is 1. The van der Waals surface area contributed by atoms with Gasteiger partial charge in [-0.2, -0.15) is 0 Å². The van der Waals surface area contributed by atoms with Crippen molar-refractivity contribution >= 4 is 5.91 Å². The Bertz CT molecular complexity index is 733. The lowest BCUT2D eigenvalue weighted by Gasteiger charge is -2.37. The number of carbonyl (C=O) groups is 1. The van der Waals surface area contributed by atoms with Gasteiger partial charge in [-0.3, -0.25) is 9.69 Å². The van der Waals surface area contributed by atoms with Crippen LogP contribution < -0.4 is 5.73 Å². The predicted octanol–water partition coefficient (Wildman–Crippen LogP) is 2.10. The van der Waals surface area contributed by atoms with Crippen LogP contribution in [-0.2, 0) is 10.3 Å². The fourth-order valence-electron chi connectivity index (χ4n) is 3.55. The monoisotopic (exact) mass is 356 g/mol. The number of hydrogen-bond acceptors (Lipinski definition) is 5. The minimum atomic E-state index is -0.196. The van der Waals surface area contributed by atoms with Crippen LogP contribution in [0.15, 0.2) is 30.3 Å². The molecule has 7 heteroatoms. The van der Waals surface area contributed by atoms with Gasteiger partial charge in [0.05, 0.1) is 11.6 Å². The zero-order valence-corrected chi connectivity index (χ0v) is 15.8. The summed E-state index contributed by atoms with van der Waals surface area (Å²) in [6.45, 7) is 8.03. The van der Waals surface area contributed by atoms with E-state index in [9.17, 15) is 4.79 Å². The van der Waals surface area contributed by atoms with Crippen LogP contribution in [0.2, 0.25) is 0 Å². The molecule has 1 aromatic heterocycles. The summed E-state index contributed by atoms with van der Waals surface area (Å²) >= 11 is 0. The van der Waals surface area contributed by atoms with E-state index in [1.165, 1.54) is 0 Å². The molecule has 1 aliphatic rings. The first-order chi connectivity index (χ1) is 12.4. The highest BCUT2D eigenvalue weighted by Crippen LogP contribution is 2.33. The van der Waals surface area contributed by atoms with Gasteiger partial charge in [-0.25, -0.2) is 4.68 Å². The zero-order chi connectivity index (χ0) is 18.7. The van der Waals surface area contributed by atoms with Crippen molar-refractivity contribution in [3.63, 3.8) is 0 Å². The maximum absolute atomic E-state index is 11.5. The first-order valence-electron chi connectivity index (χ1n) is 9.31. The van der Waals surface area contributed by atoms with E-state index in [1.807, 2.05) is 22.9 Å². The van der Waals surface area contributed by atoms with Gasteiger partial charge in [0.1, 0.15) is 0 Å². The van der Waals surface area contributed by atoms with Crippen molar-refractivity contribution in [1.29, 1.82) is 0 Å². The highest BCUT2D eigenvalue weighted by Gasteiger charge is 2.35. The molecule has 1 aromatic carbocycles. The molecule has 0 radical (unpaired) electrons. The smallest absolute Gasteiger partial charge is 0.220 e. The number of primary amides is 1. The van der Waals surface area contributed by atoms with Crippen molar-refractivity contribution in [2.24, 2.45) is 11.7 Å². The van der Waals surface area contributed by atoms with Crippen LogP contribution in [0, 0.1) is 5.92 Å². The van der Waals surface area contributed by atoms with E-state index < -0.39 is 0 Å². The van der Waals surface area contributed by atoms with Crippen molar-refractivity contribution < 1.29 is 4.79 Å². The molecular weight excluding hydrogens is 328 g/mol. The summed E-state index contributed by atoms with van der Waals surface area (Å²) in [5, 5.41) is 12.7. The van der Waals surface area contributed by atoms with Crippen molar-refractivity contribution in [2.45, 2.75) is 51.6 Å². The number of benzene rings is 1. The highest BCUT2D eigenvalue weighted by molar-refractivity contribution is 5.76. The van der Waals surface area contributed by atoms with Crippen LogP contribution >= 0.6 is 0 Å². The number of piperidine rings is 1. The Balaban J connectivity index is 1.97. The number of nitrogens with zero attached hydrogens (tertiary/aromatic N) is 5. The highest BCUT2D eigenvalue weighted by atomic mass is 16.1. The SMILES string of the molecule is CCC(C)(C)n1nnnc1[C@@H](c1ccccc1)N1CCC(C(N)=O)CC1. The Kier molecular flexibility index (Phi) is 5.36. The second kappa shape index (κ2) is 7.53. The van der Waals surface area contributed by atoms with Gasteiger partial charge in [0.15, 0.2) is 5.82 Å². The van der Waals surface area contributed by atoms with Crippen LogP contribution in [0.4, 0.5) is 0 Å². The van der Waals surface area contributed by atoms with Crippen LogP contribution in [-0.4, -0.2) is 44.1 Å². The minimum Gasteiger partial charge on any atom is -0.369 e. The van der Waals surface area contributed by atoms with E-state index in [1.54, 1.807) is 0 Å². The number of carbonyl (C=O) groups excluding carboxylic acids is 1. The summed E-state index contributed by atoms with van der Waals surface area (Å²) in [4.78, 5) is 13.9. The average molecular weight is 356 g/mol. The Morgan fingerprint density at radius 2 is 1.92 bits per heavy atom. The number of rotatable bonds is 6. The van der Waals surface area contributed by atoms with Gasteiger partial charge in [0.25, 0.3) is 0 Å². The lowest BCUT2D eigenvalue weighted by molar-refractivity contribution is -0.123. The Morgan fingerprint density at radius 3 is 2.50 bits per heavy atom. The second-order valence-corrected chi connectivity index (χ2v) is 7.64. The molecule has 1 saturated heterocycles. The molecule has 0 spiro atoms. The normalized spacial score (nSPS) is 18.0. The van der Waals surface area contributed by atoms with Crippen LogP contribution in [0.5, 0.6) is 0 Å². The molecule has 1 amide bonds. The third-order valence-electron chi connectivity index (χ3n) is 5.59. The lowest BCUT2D eigenvalue weighted by atomic mass is 9.93. The number of amides is 1. The molecule has 7 nitrogen and oxygen atoms in total. The average Bonchev–Trinajstić information content (AvgIpc) is 3.13. The van der Waals surface area contributed by atoms with E-state index in [-0.39, 0.29) is 23.4 Å². The van der Waals surface area contributed by atoms with Gasteiger partial charge in [0.2, 0.25) is 5.91 Å². The molecule has 2 N–H and O–H groups in total. The van der Waals surface area contributed by atoms with Crippen LogP contribution in [0.1, 0.15) is 57.5 Å². The van der Waals surface area contributed by atoms with Crippen LogP contribution in [0.3, 0.4) is 0 Å². The Morgan fingerprint density at radius 1 is 1.27 bits per heavy atom. The van der Waals surface area contributed by atoms with Crippen molar-refractivity contribution in [1.82, 2.24) is 25.1 Å². The number of aromatic nitrogens is 4. The summed E-state index contributed by atoms with van der Waals surface area (Å²) in [7, 11) is 0. The van der Waals surface area contributed by atoms with Gasteiger partial charge in [-0.1, -0.05) is 37.3 Å². The standard InChI is InChI=1S/C19H28N6O/c1-4-19(2,3)25-18(21-22-23-25)16(14-8-6-5-7-9-14)24-12-10-15(11-13-24)17(20)26/h5-9,15-16H,4,10-13H2,1-3H3,(H2,20,26)/t16-/m1/s1. The van der Waals surface area contributed by atoms with Crippen molar-refractivity contribution in [3.05, 3.63) is 41.7 Å². The number of hydrogen-bond donors (Lipinski definition) is 1. The maximum Gasteiger partial charge on any atom is 0.220 e. The molecule has 1 fully saturated rings. The fraction of sp³-hybridized carbons (Fsp3) is 0.579. The van der Waals surface area contributed by atoms with E-state index in [0.717, 1.165) is 43.7 Å². The summed E-state index contributed by atoms with van der Waals surface area (Å²) < 4.78 is 1.95. The molecule has 0 saturated carbocycles. The summed E-state index contributed by atoms with van der Waals surface area (Å²) in [5.41, 5.74) is 6.49. The molecule has 2 aromatic rings. The maximum atomic E-state index is 11.5. The van der Waals surface area contributed by atoms with E-state index in [2.05, 4.69) is 53.3 Å². The minimum absolute atomic E-state index is 0.0362. The van der Waals surface area contributed by atoms with Crippen LogP contribution in [0.25, 0.3) is 0 Å². The Labute approximate surface area is 154 Å². The molecule has 140 valence electrons. The third-order valence-corrected chi connectivity index (χ3v) is 5.59. The van der Waals surface area contributed by atoms with Gasteiger partial charge >= 0.3 is 0 Å². The summed E-state index contributed by atoms with van der Waals surface area (Å²) in [5.74, 6) is 0.615. The van der Waals surface area contributed by atoms with Gasteiger partial charge in [-0.05, 0) is 62.2 Å². The molecule has 1 atom stereocenters. The van der Waals surface area contributed by atoms with Gasteiger partial charge in [0, 0.05) is 5.92 Å². The first-order valence-corrected chi connectivity index (χ1v) is 9.31. The predicted molar refractivity (Wildman–Crippen MR) is 99.2 cm³/mol. The molecule has 3 rings (SSSR count). The topological polar surface area (TPSA) is 89.9 Å².